The summed E-state index contributed by atoms with van der Waals surface area (Å²) in [5.41, 5.74) is 1.63. The van der Waals surface area contributed by atoms with E-state index in [0.29, 0.717) is 24.7 Å². The van der Waals surface area contributed by atoms with Crippen molar-refractivity contribution in [2.45, 2.75) is 70.5 Å². The molecule has 1 aliphatic rings. The Hall–Kier alpha value is -2.94. The van der Waals surface area contributed by atoms with Crippen molar-refractivity contribution in [2.24, 2.45) is 5.92 Å². The van der Waals surface area contributed by atoms with Crippen LogP contribution in [0.15, 0.2) is 54.6 Å². The Morgan fingerprint density at radius 2 is 1.69 bits per heavy atom. The molecule has 36 heavy (non-hydrogen) atoms. The zero-order chi connectivity index (χ0) is 25.8. The number of benzene rings is 2. The maximum atomic E-state index is 12.5. The molecule has 0 unspecified atom stereocenters. The van der Waals surface area contributed by atoms with Crippen molar-refractivity contribution >= 4 is 11.8 Å². The predicted molar refractivity (Wildman–Crippen MR) is 134 cm³/mol. The second kappa shape index (κ2) is 14.0. The van der Waals surface area contributed by atoms with E-state index < -0.39 is 12.5 Å². The van der Waals surface area contributed by atoms with Crippen LogP contribution in [0.4, 0.5) is 23.7 Å². The monoisotopic (exact) mass is 507 g/mol. The van der Waals surface area contributed by atoms with Gasteiger partial charge < -0.3 is 25.4 Å². The Morgan fingerprint density at radius 3 is 2.36 bits per heavy atom. The number of hydrogen-bond acceptors (Lipinski definition) is 5. The highest BCUT2D eigenvalue weighted by atomic mass is 19.4. The van der Waals surface area contributed by atoms with E-state index in [1.807, 2.05) is 37.3 Å². The largest absolute Gasteiger partial charge is 0.573 e. The van der Waals surface area contributed by atoms with Gasteiger partial charge in [0, 0.05) is 30.9 Å². The molecule has 0 bridgehead atoms. The summed E-state index contributed by atoms with van der Waals surface area (Å²) in [5.74, 6) is 0.334. The van der Waals surface area contributed by atoms with E-state index in [2.05, 4.69) is 20.7 Å². The lowest BCUT2D eigenvalue weighted by Gasteiger charge is -2.28. The van der Waals surface area contributed by atoms with Gasteiger partial charge in [0.1, 0.15) is 12.4 Å². The van der Waals surface area contributed by atoms with Gasteiger partial charge in [-0.3, -0.25) is 0 Å². The van der Waals surface area contributed by atoms with Gasteiger partial charge >= 0.3 is 12.5 Å². The summed E-state index contributed by atoms with van der Waals surface area (Å²) in [6, 6.07) is 15.2. The number of halogens is 3. The third kappa shape index (κ3) is 10.8. The second-order valence-corrected chi connectivity index (χ2v) is 9.41. The maximum absolute atomic E-state index is 12.5. The number of carbonyl (C=O) groups excluding carboxylic acids is 1. The lowest BCUT2D eigenvalue weighted by atomic mass is 9.85. The molecule has 0 heterocycles. The van der Waals surface area contributed by atoms with Crippen molar-refractivity contribution in [3.63, 3.8) is 0 Å². The fraction of sp³-hybridized carbons (Fsp3) is 0.519. The molecule has 1 amide bonds. The molecule has 3 rings (SSSR count). The number of anilines is 1. The molecule has 0 aromatic heterocycles. The Labute approximate surface area is 210 Å². The molecule has 3 N–H and O–H groups in total. The summed E-state index contributed by atoms with van der Waals surface area (Å²) in [4.78, 5) is 12.5. The molecule has 0 radical (unpaired) electrons. The van der Waals surface area contributed by atoms with Gasteiger partial charge in [0.2, 0.25) is 0 Å². The first-order chi connectivity index (χ1) is 17.3. The van der Waals surface area contributed by atoms with Gasteiger partial charge in [0.15, 0.2) is 0 Å². The molecular formula is C27H36F3N3O3. The molecule has 1 fully saturated rings. The van der Waals surface area contributed by atoms with Crippen LogP contribution >= 0.6 is 0 Å². The number of amides is 1. The van der Waals surface area contributed by atoms with Crippen molar-refractivity contribution in [1.29, 1.82) is 0 Å². The van der Waals surface area contributed by atoms with Gasteiger partial charge in [0.05, 0.1) is 0 Å². The fourth-order valence-corrected chi connectivity index (χ4v) is 4.41. The van der Waals surface area contributed by atoms with Crippen molar-refractivity contribution in [2.75, 3.05) is 18.4 Å². The van der Waals surface area contributed by atoms with Gasteiger partial charge in [-0.05, 0) is 49.1 Å². The topological polar surface area (TPSA) is 71.6 Å². The summed E-state index contributed by atoms with van der Waals surface area (Å²) >= 11 is 0. The molecule has 1 aliphatic carbocycles. The van der Waals surface area contributed by atoms with E-state index in [4.69, 9.17) is 4.74 Å². The summed E-state index contributed by atoms with van der Waals surface area (Å²) in [7, 11) is 0. The first-order valence-electron chi connectivity index (χ1n) is 12.6. The van der Waals surface area contributed by atoms with Crippen LogP contribution in [0.5, 0.6) is 5.75 Å². The van der Waals surface area contributed by atoms with Crippen molar-refractivity contribution in [3.05, 3.63) is 60.2 Å². The normalized spacial score (nSPS) is 16.1. The Balaban J connectivity index is 1.45. The molecule has 9 heteroatoms. The molecule has 2 aromatic carbocycles. The zero-order valence-electron chi connectivity index (χ0n) is 20.7. The van der Waals surface area contributed by atoms with E-state index in [1.165, 1.54) is 44.2 Å². The number of alkyl carbamates (subject to hydrolysis) is 1. The third-order valence-corrected chi connectivity index (χ3v) is 6.29. The average molecular weight is 508 g/mol. The van der Waals surface area contributed by atoms with Crippen LogP contribution in [0.1, 0.15) is 51.0 Å². The Morgan fingerprint density at radius 1 is 1.00 bits per heavy atom. The van der Waals surface area contributed by atoms with Crippen LogP contribution < -0.4 is 20.7 Å². The van der Waals surface area contributed by atoms with Crippen LogP contribution in [-0.2, 0) is 11.3 Å². The first-order valence-corrected chi connectivity index (χ1v) is 12.6. The highest BCUT2D eigenvalue weighted by Gasteiger charge is 2.31. The standard InChI is InChI=1S/C27H36F3N3O3/c1-20(17-32-23-12-14-25(15-13-23)36-27(28,29)30)31-18-24(16-21-8-4-2-5-9-21)33-26(34)35-19-22-10-6-3-7-11-22/h3,6-7,10-15,20-21,24,31-32H,2,4-5,8-9,16-19H2,1H3,(H,33,34)/t20-,24-/m0/s1. The maximum Gasteiger partial charge on any atom is 0.573 e. The smallest absolute Gasteiger partial charge is 0.445 e. The van der Waals surface area contributed by atoms with E-state index in [1.54, 1.807) is 12.1 Å². The number of rotatable bonds is 12. The molecular weight excluding hydrogens is 471 g/mol. The summed E-state index contributed by atoms with van der Waals surface area (Å²) in [6.07, 6.45) is 1.88. The van der Waals surface area contributed by atoms with Crippen LogP contribution in [0.3, 0.4) is 0 Å². The average Bonchev–Trinajstić information content (AvgIpc) is 2.86. The molecule has 1 saturated carbocycles. The fourth-order valence-electron chi connectivity index (χ4n) is 4.41. The van der Waals surface area contributed by atoms with Gasteiger partial charge in [-0.1, -0.05) is 62.4 Å². The summed E-state index contributed by atoms with van der Waals surface area (Å²) in [6.45, 7) is 3.40. The zero-order valence-corrected chi connectivity index (χ0v) is 20.7. The van der Waals surface area contributed by atoms with Crippen molar-refractivity contribution in [3.8, 4) is 5.75 Å². The number of carbonyl (C=O) groups is 1. The van der Waals surface area contributed by atoms with Crippen molar-refractivity contribution < 1.29 is 27.4 Å². The SMILES string of the molecule is C[C@@H](CNc1ccc(OC(F)(F)F)cc1)NC[C@H](CC1CCCCC1)NC(=O)OCc1ccccc1. The van der Waals surface area contributed by atoms with E-state index in [0.717, 1.165) is 12.0 Å². The van der Waals surface area contributed by atoms with Gasteiger partial charge in [0.25, 0.3) is 0 Å². The Kier molecular flexibility index (Phi) is 10.7. The minimum Gasteiger partial charge on any atom is -0.445 e. The van der Waals surface area contributed by atoms with E-state index in [9.17, 15) is 18.0 Å². The summed E-state index contributed by atoms with van der Waals surface area (Å²) in [5, 5.41) is 9.70. The molecule has 2 atom stereocenters. The summed E-state index contributed by atoms with van der Waals surface area (Å²) < 4.78 is 46.3. The quantitative estimate of drug-likeness (QED) is 0.317. The number of ether oxygens (including phenoxy) is 2. The molecule has 6 nitrogen and oxygen atoms in total. The molecule has 0 spiro atoms. The van der Waals surface area contributed by atoms with Crippen LogP contribution in [-0.4, -0.2) is 37.6 Å². The highest BCUT2D eigenvalue weighted by molar-refractivity contribution is 5.67. The minimum absolute atomic E-state index is 0.0578. The Bertz CT molecular complexity index is 904. The van der Waals surface area contributed by atoms with Gasteiger partial charge in [-0.25, -0.2) is 4.79 Å². The molecule has 198 valence electrons. The van der Waals surface area contributed by atoms with Gasteiger partial charge in [-0.2, -0.15) is 0 Å². The molecule has 0 saturated heterocycles. The molecule has 0 aliphatic heterocycles. The second-order valence-electron chi connectivity index (χ2n) is 9.41. The number of alkyl halides is 3. The van der Waals surface area contributed by atoms with Gasteiger partial charge in [-0.15, -0.1) is 13.2 Å². The van der Waals surface area contributed by atoms with Crippen LogP contribution in [0.2, 0.25) is 0 Å². The van der Waals surface area contributed by atoms with Crippen LogP contribution in [0, 0.1) is 5.92 Å². The minimum atomic E-state index is -4.70. The van der Waals surface area contributed by atoms with Crippen LogP contribution in [0.25, 0.3) is 0 Å². The van der Waals surface area contributed by atoms with Crippen molar-refractivity contribution in [1.82, 2.24) is 10.6 Å². The highest BCUT2D eigenvalue weighted by Crippen LogP contribution is 2.27. The molecule has 2 aromatic rings. The van der Waals surface area contributed by atoms with E-state index >= 15 is 0 Å². The third-order valence-electron chi connectivity index (χ3n) is 6.29. The predicted octanol–water partition coefficient (Wildman–Crippen LogP) is 6.24. The lowest BCUT2D eigenvalue weighted by molar-refractivity contribution is -0.274. The first kappa shape index (κ1) is 27.6. The number of nitrogens with one attached hydrogen (secondary N) is 3. The number of hydrogen-bond donors (Lipinski definition) is 3. The van der Waals surface area contributed by atoms with E-state index in [-0.39, 0.29) is 24.4 Å². The lowest BCUT2D eigenvalue weighted by Crippen LogP contribution is -2.46.